The zero-order valence-corrected chi connectivity index (χ0v) is 12.2. The van der Waals surface area contributed by atoms with E-state index in [0.717, 1.165) is 5.54 Å². The average Bonchev–Trinajstić information content (AvgIpc) is 2.34. The number of halogens is 4. The molecule has 6 heteroatoms. The number of rotatable bonds is 6. The van der Waals surface area contributed by atoms with Gasteiger partial charge in [-0.15, -0.1) is 0 Å². The van der Waals surface area contributed by atoms with Gasteiger partial charge in [-0.3, -0.25) is 0 Å². The Balaban J connectivity index is 2.79. The van der Waals surface area contributed by atoms with Crippen molar-refractivity contribution in [3.8, 4) is 5.75 Å². The highest BCUT2D eigenvalue weighted by atomic mass is 35.5. The minimum absolute atomic E-state index is 0.158. The summed E-state index contributed by atoms with van der Waals surface area (Å²) in [6, 6.07) is 2.69. The second-order valence-electron chi connectivity index (χ2n) is 4.27. The Kier molecular flexibility index (Phi) is 6.55. The Morgan fingerprint density at radius 1 is 1.37 bits per heavy atom. The van der Waals surface area contributed by atoms with Crippen LogP contribution in [0, 0.1) is 11.6 Å². The maximum Gasteiger partial charge on any atom is 0.191 e. The van der Waals surface area contributed by atoms with Gasteiger partial charge < -0.3 is 10.1 Å². The van der Waals surface area contributed by atoms with Crippen LogP contribution in [0.4, 0.5) is 8.78 Å². The van der Waals surface area contributed by atoms with Gasteiger partial charge >= 0.3 is 0 Å². The number of nitrogens with one attached hydrogen (secondary N) is 1. The molecular formula is C13H15Cl2F2NO. The second kappa shape index (κ2) is 7.68. The number of ether oxygens (including phenoxy) is 1. The number of hydrogen-bond acceptors (Lipinski definition) is 2. The summed E-state index contributed by atoms with van der Waals surface area (Å²) in [7, 11) is 0. The van der Waals surface area contributed by atoms with Crippen molar-refractivity contribution >= 4 is 23.2 Å². The Bertz CT molecular complexity index is 441. The topological polar surface area (TPSA) is 21.3 Å². The highest BCUT2D eigenvalue weighted by Gasteiger charge is 2.13. The van der Waals surface area contributed by atoms with Gasteiger partial charge in [-0.05, 0) is 17.7 Å². The molecule has 1 N–H and O–H groups in total. The SMILES string of the molecule is CC(C)NCc1cc(F)c(OCC(Cl)=CCl)c(F)c1. The maximum absolute atomic E-state index is 13.7. The van der Waals surface area contributed by atoms with Crippen LogP contribution in [0.25, 0.3) is 0 Å². The third kappa shape index (κ3) is 5.35. The standard InChI is InChI=1S/C13H15Cl2F2NO/c1-8(2)18-6-9-3-11(16)13(12(17)4-9)19-7-10(15)5-14/h3-5,8,18H,6-7H2,1-2H3. The van der Waals surface area contributed by atoms with Gasteiger partial charge in [-0.25, -0.2) is 8.78 Å². The van der Waals surface area contributed by atoms with Crippen LogP contribution in [0.1, 0.15) is 19.4 Å². The molecule has 19 heavy (non-hydrogen) atoms. The summed E-state index contributed by atoms with van der Waals surface area (Å²) < 4.78 is 32.3. The molecule has 0 amide bonds. The summed E-state index contributed by atoms with van der Waals surface area (Å²) in [4.78, 5) is 0. The molecule has 0 aliphatic heterocycles. The predicted molar refractivity (Wildman–Crippen MR) is 73.6 cm³/mol. The lowest BCUT2D eigenvalue weighted by Crippen LogP contribution is -2.22. The molecular weight excluding hydrogens is 295 g/mol. The van der Waals surface area contributed by atoms with Crippen molar-refractivity contribution in [2.45, 2.75) is 26.4 Å². The van der Waals surface area contributed by atoms with Crippen molar-refractivity contribution in [2.24, 2.45) is 0 Å². The highest BCUT2D eigenvalue weighted by Crippen LogP contribution is 2.24. The van der Waals surface area contributed by atoms with Gasteiger partial charge in [0.25, 0.3) is 0 Å². The lowest BCUT2D eigenvalue weighted by molar-refractivity contribution is 0.317. The van der Waals surface area contributed by atoms with Crippen LogP contribution in [0.15, 0.2) is 22.7 Å². The van der Waals surface area contributed by atoms with E-state index in [0.29, 0.717) is 12.1 Å². The van der Waals surface area contributed by atoms with Crippen molar-refractivity contribution in [3.63, 3.8) is 0 Å². The molecule has 1 rings (SSSR count). The second-order valence-corrected chi connectivity index (χ2v) is 4.97. The normalized spacial score (nSPS) is 12.1. The average molecular weight is 310 g/mol. The Morgan fingerprint density at radius 2 is 1.95 bits per heavy atom. The number of hydrogen-bond donors (Lipinski definition) is 1. The third-order valence-corrected chi connectivity index (χ3v) is 2.84. The van der Waals surface area contributed by atoms with E-state index in [2.05, 4.69) is 5.32 Å². The molecule has 0 aliphatic carbocycles. The van der Waals surface area contributed by atoms with Gasteiger partial charge in [-0.1, -0.05) is 37.0 Å². The number of benzene rings is 1. The summed E-state index contributed by atoms with van der Waals surface area (Å²) in [5.41, 5.74) is 1.59. The van der Waals surface area contributed by atoms with Crippen LogP contribution in [-0.4, -0.2) is 12.6 Å². The lowest BCUT2D eigenvalue weighted by atomic mass is 10.2. The van der Waals surface area contributed by atoms with Crippen molar-refractivity contribution < 1.29 is 13.5 Å². The first-order valence-electron chi connectivity index (χ1n) is 5.73. The van der Waals surface area contributed by atoms with E-state index in [-0.39, 0.29) is 17.7 Å². The summed E-state index contributed by atoms with van der Waals surface area (Å²) in [5, 5.41) is 3.23. The van der Waals surface area contributed by atoms with Crippen LogP contribution in [0.5, 0.6) is 5.75 Å². The molecule has 106 valence electrons. The molecule has 0 saturated heterocycles. The molecule has 2 nitrogen and oxygen atoms in total. The van der Waals surface area contributed by atoms with Crippen LogP contribution in [0.3, 0.4) is 0 Å². The fourth-order valence-electron chi connectivity index (χ4n) is 1.35. The van der Waals surface area contributed by atoms with Crippen molar-refractivity contribution in [1.82, 2.24) is 5.32 Å². The molecule has 0 saturated carbocycles. The minimum Gasteiger partial charge on any atom is -0.482 e. The highest BCUT2D eigenvalue weighted by molar-refractivity contribution is 6.36. The van der Waals surface area contributed by atoms with Gasteiger partial charge in [0.15, 0.2) is 17.4 Å². The molecule has 0 aliphatic rings. The summed E-state index contributed by atoms with van der Waals surface area (Å²) in [6.45, 7) is 4.10. The Morgan fingerprint density at radius 3 is 2.42 bits per heavy atom. The van der Waals surface area contributed by atoms with Gasteiger partial charge in [0, 0.05) is 18.1 Å². The van der Waals surface area contributed by atoms with Crippen molar-refractivity contribution in [3.05, 3.63) is 39.9 Å². The fourth-order valence-corrected chi connectivity index (χ4v) is 1.46. The van der Waals surface area contributed by atoms with E-state index < -0.39 is 17.4 Å². The molecule has 0 bridgehead atoms. The minimum atomic E-state index is -0.764. The molecule has 0 fully saturated rings. The first kappa shape index (κ1) is 16.2. The van der Waals surface area contributed by atoms with E-state index in [1.54, 1.807) is 0 Å². The molecule has 0 radical (unpaired) electrons. The van der Waals surface area contributed by atoms with E-state index in [9.17, 15) is 8.78 Å². The fraction of sp³-hybridized carbons (Fsp3) is 0.385. The van der Waals surface area contributed by atoms with Gasteiger partial charge in [0.2, 0.25) is 0 Å². The smallest absolute Gasteiger partial charge is 0.191 e. The van der Waals surface area contributed by atoms with E-state index in [1.165, 1.54) is 12.1 Å². The monoisotopic (exact) mass is 309 g/mol. The van der Waals surface area contributed by atoms with Gasteiger partial charge in [0.1, 0.15) is 6.61 Å². The Hall–Kier alpha value is -0.840. The molecule has 0 atom stereocenters. The van der Waals surface area contributed by atoms with Crippen LogP contribution >= 0.6 is 23.2 Å². The van der Waals surface area contributed by atoms with E-state index >= 15 is 0 Å². The molecule has 0 spiro atoms. The Labute approximate surface area is 121 Å². The molecule has 0 heterocycles. The molecule has 0 unspecified atom stereocenters. The van der Waals surface area contributed by atoms with Gasteiger partial charge in [0.05, 0.1) is 5.03 Å². The summed E-state index contributed by atoms with van der Waals surface area (Å²) >= 11 is 10.9. The summed E-state index contributed by atoms with van der Waals surface area (Å²) in [6.07, 6.45) is 0. The molecule has 1 aromatic carbocycles. The van der Waals surface area contributed by atoms with Crippen LogP contribution < -0.4 is 10.1 Å². The third-order valence-electron chi connectivity index (χ3n) is 2.25. The quantitative estimate of drug-likeness (QED) is 0.852. The zero-order valence-electron chi connectivity index (χ0n) is 10.6. The predicted octanol–water partition coefficient (Wildman–Crippen LogP) is 4.16. The van der Waals surface area contributed by atoms with Crippen molar-refractivity contribution in [2.75, 3.05) is 6.61 Å². The van der Waals surface area contributed by atoms with E-state index in [4.69, 9.17) is 27.9 Å². The van der Waals surface area contributed by atoms with E-state index in [1.807, 2.05) is 13.8 Å². The van der Waals surface area contributed by atoms with Crippen molar-refractivity contribution in [1.29, 1.82) is 0 Å². The largest absolute Gasteiger partial charge is 0.482 e. The van der Waals surface area contributed by atoms with Crippen LogP contribution in [0.2, 0.25) is 0 Å². The lowest BCUT2D eigenvalue weighted by Gasteiger charge is -2.11. The first-order chi connectivity index (χ1) is 8.93. The first-order valence-corrected chi connectivity index (χ1v) is 6.54. The maximum atomic E-state index is 13.7. The summed E-state index contributed by atoms with van der Waals surface area (Å²) in [5.74, 6) is -1.98. The zero-order chi connectivity index (χ0) is 14.4. The van der Waals surface area contributed by atoms with Crippen LogP contribution in [-0.2, 0) is 6.54 Å². The molecule has 0 aromatic heterocycles. The van der Waals surface area contributed by atoms with Gasteiger partial charge in [-0.2, -0.15) is 0 Å². The molecule has 1 aromatic rings.